The van der Waals surface area contributed by atoms with Gasteiger partial charge in [-0.3, -0.25) is 5.32 Å². The van der Waals surface area contributed by atoms with E-state index in [0.29, 0.717) is 10.8 Å². The van der Waals surface area contributed by atoms with Crippen LogP contribution < -0.4 is 5.32 Å². The molecule has 2 aromatic rings. The number of rotatable bonds is 8. The van der Waals surface area contributed by atoms with Gasteiger partial charge in [-0.05, 0) is 31.9 Å². The predicted octanol–water partition coefficient (Wildman–Crippen LogP) is 4.42. The van der Waals surface area contributed by atoms with E-state index in [-0.39, 0.29) is 13.2 Å². The Hall–Kier alpha value is -2.65. The normalized spacial score (nSPS) is 13.3. The Balaban J connectivity index is 2.10. The van der Waals surface area contributed by atoms with Crippen molar-refractivity contribution in [3.8, 4) is 0 Å². The summed E-state index contributed by atoms with van der Waals surface area (Å²) in [6.07, 6.45) is -2.53. The molecule has 2 rings (SSSR count). The standard InChI is InChI=1S/C18H23N5O4S/c1-18(2,3)27-17(25)22-16-21-13(11-28-16)15(14(24)9-20-23-19)26-10-12-7-5-4-6-8-12/h4-8,11,14-15,24H,9-10H2,1-3H3,(H,21,22,25)/t14-,15+/m1/s1. The largest absolute Gasteiger partial charge is 0.444 e. The van der Waals surface area contributed by atoms with Gasteiger partial charge in [0, 0.05) is 10.3 Å². The van der Waals surface area contributed by atoms with Crippen LogP contribution >= 0.6 is 11.3 Å². The highest BCUT2D eigenvalue weighted by atomic mass is 32.1. The van der Waals surface area contributed by atoms with Crippen LogP contribution in [0.3, 0.4) is 0 Å². The Kier molecular flexibility index (Phi) is 7.77. The zero-order valence-electron chi connectivity index (χ0n) is 15.9. The van der Waals surface area contributed by atoms with Crippen molar-refractivity contribution in [2.75, 3.05) is 11.9 Å². The molecule has 0 aliphatic carbocycles. The lowest BCUT2D eigenvalue weighted by molar-refractivity contribution is -0.0457. The SMILES string of the molecule is CC(C)(C)OC(=O)Nc1nc([C@H](OCc2ccccc2)[C@H](O)CN=[N+]=[N-])cs1. The summed E-state index contributed by atoms with van der Waals surface area (Å²) in [6, 6.07) is 9.46. The predicted molar refractivity (Wildman–Crippen MR) is 106 cm³/mol. The van der Waals surface area contributed by atoms with Crippen LogP contribution in [0.4, 0.5) is 9.93 Å². The molecular formula is C18H23N5O4S. The van der Waals surface area contributed by atoms with Gasteiger partial charge in [0.1, 0.15) is 11.7 Å². The molecule has 2 atom stereocenters. The highest BCUT2D eigenvalue weighted by molar-refractivity contribution is 7.13. The van der Waals surface area contributed by atoms with Crippen molar-refractivity contribution in [1.82, 2.24) is 4.98 Å². The van der Waals surface area contributed by atoms with Gasteiger partial charge in [0.05, 0.1) is 24.9 Å². The fraction of sp³-hybridized carbons (Fsp3) is 0.444. The average Bonchev–Trinajstić information content (AvgIpc) is 3.07. The molecule has 0 bridgehead atoms. The van der Waals surface area contributed by atoms with E-state index in [4.69, 9.17) is 15.0 Å². The van der Waals surface area contributed by atoms with Crippen LogP contribution in [-0.2, 0) is 16.1 Å². The monoisotopic (exact) mass is 405 g/mol. The number of nitrogens with zero attached hydrogens (tertiary/aromatic N) is 4. The molecule has 0 spiro atoms. The van der Waals surface area contributed by atoms with Crippen molar-refractivity contribution < 1.29 is 19.4 Å². The Bertz CT molecular complexity index is 815. The molecule has 1 heterocycles. The maximum atomic E-state index is 11.9. The van der Waals surface area contributed by atoms with E-state index in [1.807, 2.05) is 30.3 Å². The average molecular weight is 405 g/mol. The number of ether oxygens (including phenoxy) is 2. The van der Waals surface area contributed by atoms with Crippen molar-refractivity contribution in [1.29, 1.82) is 0 Å². The number of aromatic nitrogens is 1. The van der Waals surface area contributed by atoms with Gasteiger partial charge >= 0.3 is 6.09 Å². The lowest BCUT2D eigenvalue weighted by Crippen LogP contribution is -2.27. The molecule has 1 aromatic heterocycles. The summed E-state index contributed by atoms with van der Waals surface area (Å²) in [5, 5.41) is 18.3. The number of hydrogen-bond donors (Lipinski definition) is 2. The van der Waals surface area contributed by atoms with Crippen molar-refractivity contribution in [2.45, 2.75) is 45.2 Å². The van der Waals surface area contributed by atoms with E-state index in [1.165, 1.54) is 11.3 Å². The number of aliphatic hydroxyl groups is 1. The topological polar surface area (TPSA) is 129 Å². The van der Waals surface area contributed by atoms with Gasteiger partial charge in [0.2, 0.25) is 0 Å². The van der Waals surface area contributed by atoms with Crippen LogP contribution in [0, 0.1) is 0 Å². The molecule has 0 radical (unpaired) electrons. The van der Waals surface area contributed by atoms with Crippen molar-refractivity contribution in [3.05, 3.63) is 57.4 Å². The lowest BCUT2D eigenvalue weighted by atomic mass is 10.1. The van der Waals surface area contributed by atoms with Gasteiger partial charge in [-0.1, -0.05) is 35.4 Å². The zero-order chi connectivity index (χ0) is 20.6. The van der Waals surface area contributed by atoms with E-state index < -0.39 is 23.9 Å². The third-order valence-electron chi connectivity index (χ3n) is 3.38. The number of benzene rings is 1. The second kappa shape index (κ2) is 10.0. The Morgan fingerprint density at radius 2 is 2.11 bits per heavy atom. The van der Waals surface area contributed by atoms with Gasteiger partial charge in [-0.25, -0.2) is 9.78 Å². The summed E-state index contributed by atoms with van der Waals surface area (Å²) in [6.45, 7) is 5.37. The minimum absolute atomic E-state index is 0.164. The number of carbonyl (C=O) groups excluding carboxylic acids is 1. The molecule has 28 heavy (non-hydrogen) atoms. The molecule has 9 nitrogen and oxygen atoms in total. The summed E-state index contributed by atoms with van der Waals surface area (Å²) in [4.78, 5) is 18.9. The zero-order valence-corrected chi connectivity index (χ0v) is 16.7. The maximum Gasteiger partial charge on any atom is 0.413 e. The minimum Gasteiger partial charge on any atom is -0.444 e. The van der Waals surface area contributed by atoms with E-state index in [9.17, 15) is 9.90 Å². The van der Waals surface area contributed by atoms with E-state index in [2.05, 4.69) is 20.3 Å². The number of carbonyl (C=O) groups is 1. The first-order valence-electron chi connectivity index (χ1n) is 8.58. The van der Waals surface area contributed by atoms with Crippen LogP contribution in [0.5, 0.6) is 0 Å². The summed E-state index contributed by atoms with van der Waals surface area (Å²) in [5.74, 6) is 0. The number of hydrogen-bond acceptors (Lipinski definition) is 7. The molecule has 150 valence electrons. The van der Waals surface area contributed by atoms with E-state index in [0.717, 1.165) is 5.56 Å². The van der Waals surface area contributed by atoms with E-state index in [1.54, 1.807) is 26.2 Å². The van der Waals surface area contributed by atoms with Crippen LogP contribution in [0.1, 0.15) is 38.1 Å². The second-order valence-corrected chi connectivity index (χ2v) is 7.76. The Labute approximate surface area is 166 Å². The molecule has 0 saturated carbocycles. The Morgan fingerprint density at radius 3 is 2.75 bits per heavy atom. The molecular weight excluding hydrogens is 382 g/mol. The minimum atomic E-state index is -1.09. The van der Waals surface area contributed by atoms with Crippen LogP contribution in [0.15, 0.2) is 40.8 Å². The van der Waals surface area contributed by atoms with Crippen LogP contribution in [0.2, 0.25) is 0 Å². The van der Waals surface area contributed by atoms with E-state index >= 15 is 0 Å². The summed E-state index contributed by atoms with van der Waals surface area (Å²) in [7, 11) is 0. The number of amides is 1. The third-order valence-corrected chi connectivity index (χ3v) is 4.15. The molecule has 1 aromatic carbocycles. The van der Waals surface area contributed by atoms with Crippen LogP contribution in [0.25, 0.3) is 10.4 Å². The summed E-state index contributed by atoms with van der Waals surface area (Å²) < 4.78 is 11.0. The van der Waals surface area contributed by atoms with Gasteiger partial charge in [-0.2, -0.15) is 0 Å². The highest BCUT2D eigenvalue weighted by Gasteiger charge is 2.25. The fourth-order valence-electron chi connectivity index (χ4n) is 2.23. The van der Waals surface area contributed by atoms with Crippen molar-refractivity contribution >= 4 is 22.6 Å². The molecule has 2 N–H and O–H groups in total. The number of aliphatic hydroxyl groups excluding tert-OH is 1. The first-order chi connectivity index (χ1) is 13.3. The Morgan fingerprint density at radius 1 is 1.39 bits per heavy atom. The smallest absolute Gasteiger partial charge is 0.413 e. The summed E-state index contributed by atoms with van der Waals surface area (Å²) >= 11 is 1.18. The quantitative estimate of drug-likeness (QED) is 0.381. The molecule has 0 aliphatic rings. The van der Waals surface area contributed by atoms with Gasteiger partial charge in [-0.15, -0.1) is 11.3 Å². The molecule has 10 heteroatoms. The summed E-state index contributed by atoms with van der Waals surface area (Å²) in [5.41, 5.74) is 9.22. The first kappa shape index (κ1) is 21.6. The molecule has 0 fully saturated rings. The fourth-order valence-corrected chi connectivity index (χ4v) is 2.95. The number of nitrogens with one attached hydrogen (secondary N) is 1. The number of azide groups is 1. The van der Waals surface area contributed by atoms with Crippen molar-refractivity contribution in [3.63, 3.8) is 0 Å². The highest BCUT2D eigenvalue weighted by Crippen LogP contribution is 2.27. The number of thiazole rings is 1. The number of anilines is 1. The lowest BCUT2D eigenvalue weighted by Gasteiger charge is -2.21. The van der Waals surface area contributed by atoms with Gasteiger partial charge in [0.25, 0.3) is 0 Å². The van der Waals surface area contributed by atoms with Gasteiger partial charge < -0.3 is 14.6 Å². The molecule has 0 unspecified atom stereocenters. The van der Waals surface area contributed by atoms with Crippen LogP contribution in [-0.4, -0.2) is 34.4 Å². The first-order valence-corrected chi connectivity index (χ1v) is 9.46. The van der Waals surface area contributed by atoms with Gasteiger partial charge in [0.15, 0.2) is 5.13 Å². The molecule has 0 saturated heterocycles. The molecule has 0 aliphatic heterocycles. The maximum absolute atomic E-state index is 11.9. The third kappa shape index (κ3) is 7.16. The second-order valence-electron chi connectivity index (χ2n) is 6.90. The van der Waals surface area contributed by atoms with Crippen molar-refractivity contribution in [2.24, 2.45) is 5.11 Å². The molecule has 1 amide bonds.